The number of carbonyl (C=O) groups is 1. The van der Waals surface area contributed by atoms with Gasteiger partial charge in [-0.1, -0.05) is 6.07 Å². The monoisotopic (exact) mass is 235 g/mol. The Morgan fingerprint density at radius 1 is 1.56 bits per heavy atom. The summed E-state index contributed by atoms with van der Waals surface area (Å²) in [6, 6.07) is 5.88. The molecule has 0 radical (unpaired) electrons. The number of hydrogen-bond donors (Lipinski definition) is 1. The van der Waals surface area contributed by atoms with Crippen LogP contribution in [0.25, 0.3) is 0 Å². The molecule has 2 aromatic heterocycles. The molecule has 0 spiro atoms. The van der Waals surface area contributed by atoms with Crippen LogP contribution in [0.2, 0.25) is 0 Å². The lowest BCUT2D eigenvalue weighted by molar-refractivity contribution is 0.0939. The fourth-order valence-corrected chi connectivity index (χ4v) is 2.32. The van der Waals surface area contributed by atoms with Gasteiger partial charge < -0.3 is 9.73 Å². The van der Waals surface area contributed by atoms with Crippen LogP contribution in [0.5, 0.6) is 0 Å². The molecular formula is C12H13NO2S. The average molecular weight is 235 g/mol. The van der Waals surface area contributed by atoms with Crippen molar-refractivity contribution in [3.05, 3.63) is 46.5 Å². The van der Waals surface area contributed by atoms with E-state index in [9.17, 15) is 4.79 Å². The van der Waals surface area contributed by atoms with Crippen LogP contribution in [0.3, 0.4) is 0 Å². The van der Waals surface area contributed by atoms with E-state index in [0.717, 1.165) is 6.42 Å². The maximum absolute atomic E-state index is 11.7. The SMILES string of the molecule is CC(Cc1cccs1)NC(=O)c1ccoc1. The van der Waals surface area contributed by atoms with Crippen molar-refractivity contribution >= 4 is 17.2 Å². The van der Waals surface area contributed by atoms with Crippen LogP contribution in [0.15, 0.2) is 40.5 Å². The summed E-state index contributed by atoms with van der Waals surface area (Å²) < 4.78 is 4.86. The van der Waals surface area contributed by atoms with Gasteiger partial charge in [-0.25, -0.2) is 0 Å². The lowest BCUT2D eigenvalue weighted by Crippen LogP contribution is -2.33. The van der Waals surface area contributed by atoms with Crippen LogP contribution in [-0.2, 0) is 6.42 Å². The third-order valence-corrected chi connectivity index (χ3v) is 3.15. The molecule has 0 saturated carbocycles. The smallest absolute Gasteiger partial charge is 0.254 e. The molecule has 1 unspecified atom stereocenters. The van der Waals surface area contributed by atoms with Gasteiger partial charge in [-0.2, -0.15) is 0 Å². The molecule has 84 valence electrons. The number of amides is 1. The van der Waals surface area contributed by atoms with Crippen LogP contribution in [-0.4, -0.2) is 11.9 Å². The summed E-state index contributed by atoms with van der Waals surface area (Å²) in [5.41, 5.74) is 0.568. The number of thiophene rings is 1. The standard InChI is InChI=1S/C12H13NO2S/c1-9(7-11-3-2-6-16-11)13-12(14)10-4-5-15-8-10/h2-6,8-9H,7H2,1H3,(H,13,14). The molecule has 16 heavy (non-hydrogen) atoms. The summed E-state index contributed by atoms with van der Waals surface area (Å²) in [5.74, 6) is -0.0854. The van der Waals surface area contributed by atoms with Crippen molar-refractivity contribution in [2.24, 2.45) is 0 Å². The highest BCUT2D eigenvalue weighted by atomic mass is 32.1. The molecular weight excluding hydrogens is 222 g/mol. The molecule has 2 aromatic rings. The number of nitrogens with one attached hydrogen (secondary N) is 1. The highest BCUT2D eigenvalue weighted by molar-refractivity contribution is 7.09. The van der Waals surface area contributed by atoms with Crippen LogP contribution in [0.1, 0.15) is 22.2 Å². The minimum absolute atomic E-state index is 0.0854. The number of hydrogen-bond acceptors (Lipinski definition) is 3. The molecule has 0 fully saturated rings. The normalized spacial score (nSPS) is 12.3. The molecule has 0 aliphatic carbocycles. The van der Waals surface area contributed by atoms with E-state index in [2.05, 4.69) is 11.4 Å². The van der Waals surface area contributed by atoms with E-state index in [4.69, 9.17) is 4.42 Å². The first-order valence-corrected chi connectivity index (χ1v) is 5.99. The second kappa shape index (κ2) is 4.99. The Hall–Kier alpha value is -1.55. The summed E-state index contributed by atoms with van der Waals surface area (Å²) in [7, 11) is 0. The van der Waals surface area contributed by atoms with E-state index in [-0.39, 0.29) is 11.9 Å². The molecule has 2 rings (SSSR count). The fraction of sp³-hybridized carbons (Fsp3) is 0.250. The maximum Gasteiger partial charge on any atom is 0.254 e. The van der Waals surface area contributed by atoms with E-state index in [1.165, 1.54) is 17.4 Å². The Balaban J connectivity index is 1.88. The van der Waals surface area contributed by atoms with Crippen LogP contribution >= 0.6 is 11.3 Å². The highest BCUT2D eigenvalue weighted by Gasteiger charge is 2.11. The zero-order valence-electron chi connectivity index (χ0n) is 8.97. The van der Waals surface area contributed by atoms with Crippen molar-refractivity contribution in [3.63, 3.8) is 0 Å². The molecule has 0 aromatic carbocycles. The van der Waals surface area contributed by atoms with Crippen LogP contribution in [0.4, 0.5) is 0 Å². The first kappa shape index (κ1) is 11.0. The van der Waals surface area contributed by atoms with Gasteiger partial charge >= 0.3 is 0 Å². The van der Waals surface area contributed by atoms with Gasteiger partial charge in [0.1, 0.15) is 6.26 Å². The zero-order valence-corrected chi connectivity index (χ0v) is 9.79. The minimum Gasteiger partial charge on any atom is -0.472 e. The largest absolute Gasteiger partial charge is 0.472 e. The van der Waals surface area contributed by atoms with Gasteiger partial charge in [-0.15, -0.1) is 11.3 Å². The van der Waals surface area contributed by atoms with Crippen molar-refractivity contribution in [1.82, 2.24) is 5.32 Å². The van der Waals surface area contributed by atoms with Crippen LogP contribution in [0, 0.1) is 0 Å². The summed E-state index contributed by atoms with van der Waals surface area (Å²) in [4.78, 5) is 13.0. The molecule has 1 amide bonds. The third-order valence-electron chi connectivity index (χ3n) is 2.25. The molecule has 0 bridgehead atoms. The van der Waals surface area contributed by atoms with Gasteiger partial charge in [0.15, 0.2) is 0 Å². The van der Waals surface area contributed by atoms with Gasteiger partial charge in [-0.3, -0.25) is 4.79 Å². The summed E-state index contributed by atoms with van der Waals surface area (Å²) in [5, 5.41) is 4.97. The molecule has 2 heterocycles. The van der Waals surface area contributed by atoms with E-state index in [1.54, 1.807) is 17.4 Å². The third kappa shape index (κ3) is 2.73. The van der Waals surface area contributed by atoms with E-state index in [0.29, 0.717) is 5.56 Å². The van der Waals surface area contributed by atoms with Crippen LogP contribution < -0.4 is 5.32 Å². The molecule has 0 aliphatic rings. The van der Waals surface area contributed by atoms with Crippen molar-refractivity contribution in [2.75, 3.05) is 0 Å². The van der Waals surface area contributed by atoms with E-state index in [1.807, 2.05) is 18.4 Å². The summed E-state index contributed by atoms with van der Waals surface area (Å²) >= 11 is 1.71. The molecule has 0 aliphatic heterocycles. The Morgan fingerprint density at radius 2 is 2.44 bits per heavy atom. The Labute approximate surface area is 98.1 Å². The number of carbonyl (C=O) groups excluding carboxylic acids is 1. The zero-order chi connectivity index (χ0) is 11.4. The Kier molecular flexibility index (Phi) is 3.41. The van der Waals surface area contributed by atoms with E-state index < -0.39 is 0 Å². The number of furan rings is 1. The molecule has 0 saturated heterocycles. The van der Waals surface area contributed by atoms with Crippen molar-refractivity contribution in [2.45, 2.75) is 19.4 Å². The fourth-order valence-electron chi connectivity index (χ4n) is 1.48. The Morgan fingerprint density at radius 3 is 3.06 bits per heavy atom. The maximum atomic E-state index is 11.7. The quantitative estimate of drug-likeness (QED) is 0.885. The second-order valence-corrected chi connectivity index (χ2v) is 4.70. The first-order chi connectivity index (χ1) is 7.75. The predicted molar refractivity (Wildman–Crippen MR) is 63.7 cm³/mol. The average Bonchev–Trinajstić information content (AvgIpc) is 2.88. The topological polar surface area (TPSA) is 42.2 Å². The summed E-state index contributed by atoms with van der Waals surface area (Å²) in [6.45, 7) is 2.00. The molecule has 1 atom stereocenters. The van der Waals surface area contributed by atoms with Gasteiger partial charge in [0, 0.05) is 17.3 Å². The van der Waals surface area contributed by atoms with Crippen molar-refractivity contribution in [3.8, 4) is 0 Å². The Bertz CT molecular complexity index is 434. The molecule has 4 heteroatoms. The second-order valence-electron chi connectivity index (χ2n) is 3.67. The van der Waals surface area contributed by atoms with Crippen molar-refractivity contribution < 1.29 is 9.21 Å². The molecule has 3 nitrogen and oxygen atoms in total. The van der Waals surface area contributed by atoms with E-state index >= 15 is 0 Å². The lowest BCUT2D eigenvalue weighted by Gasteiger charge is -2.11. The summed E-state index contributed by atoms with van der Waals surface area (Å²) in [6.07, 6.45) is 3.81. The number of rotatable bonds is 4. The predicted octanol–water partition coefficient (Wildman–Crippen LogP) is 2.70. The lowest BCUT2D eigenvalue weighted by atomic mass is 10.2. The highest BCUT2D eigenvalue weighted by Crippen LogP contribution is 2.11. The minimum atomic E-state index is -0.0854. The molecule has 1 N–H and O–H groups in total. The van der Waals surface area contributed by atoms with Gasteiger partial charge in [0.2, 0.25) is 0 Å². The van der Waals surface area contributed by atoms with Gasteiger partial charge in [0.25, 0.3) is 5.91 Å². The van der Waals surface area contributed by atoms with Gasteiger partial charge in [-0.05, 0) is 24.4 Å². The van der Waals surface area contributed by atoms with Gasteiger partial charge in [0.05, 0.1) is 11.8 Å². The van der Waals surface area contributed by atoms with Crippen molar-refractivity contribution in [1.29, 1.82) is 0 Å². The first-order valence-electron chi connectivity index (χ1n) is 5.11.